The number of hydrogen-bond acceptors (Lipinski definition) is 5. The molecule has 0 radical (unpaired) electrons. The Balaban J connectivity index is 1.85. The van der Waals surface area contributed by atoms with E-state index in [1.807, 2.05) is 54.6 Å². The summed E-state index contributed by atoms with van der Waals surface area (Å²) < 4.78 is 6.99. The molecule has 0 unspecified atom stereocenters. The number of anilines is 1. The maximum absolute atomic E-state index is 12.9. The molecular formula is C25H22N4O3. The number of benzene rings is 2. The summed E-state index contributed by atoms with van der Waals surface area (Å²) >= 11 is 0. The molecule has 0 atom stereocenters. The minimum atomic E-state index is -0.577. The van der Waals surface area contributed by atoms with Crippen LogP contribution in [0.3, 0.4) is 0 Å². The second-order valence-electron chi connectivity index (χ2n) is 6.96. The third-order valence-electron chi connectivity index (χ3n) is 4.81. The van der Waals surface area contributed by atoms with Gasteiger partial charge in [-0.05, 0) is 30.7 Å². The van der Waals surface area contributed by atoms with Gasteiger partial charge in [-0.3, -0.25) is 4.79 Å². The molecule has 1 amide bonds. The van der Waals surface area contributed by atoms with Gasteiger partial charge in [0.15, 0.2) is 5.65 Å². The number of ether oxygens (including phenoxy) is 1. The molecule has 2 heterocycles. The van der Waals surface area contributed by atoms with Crippen LogP contribution in [0.2, 0.25) is 0 Å². The van der Waals surface area contributed by atoms with Crippen molar-refractivity contribution < 1.29 is 14.3 Å². The zero-order valence-corrected chi connectivity index (χ0v) is 17.6. The van der Waals surface area contributed by atoms with Gasteiger partial charge in [-0.1, -0.05) is 48.5 Å². The van der Waals surface area contributed by atoms with Crippen molar-refractivity contribution in [1.29, 1.82) is 0 Å². The molecule has 0 fully saturated rings. The first-order valence-electron chi connectivity index (χ1n) is 10.2. The van der Waals surface area contributed by atoms with Gasteiger partial charge >= 0.3 is 5.97 Å². The summed E-state index contributed by atoms with van der Waals surface area (Å²) in [5.41, 5.74) is 3.21. The lowest BCUT2D eigenvalue weighted by Crippen LogP contribution is -2.16. The number of fused-ring (bicyclic) bond motifs is 2. The molecule has 0 bridgehead atoms. The number of carbonyl (C=O) groups excluding carboxylic acids is 2. The maximum Gasteiger partial charge on any atom is 0.344 e. The Morgan fingerprint density at radius 3 is 2.44 bits per heavy atom. The topological polar surface area (TPSA) is 86.1 Å². The summed E-state index contributed by atoms with van der Waals surface area (Å²) in [6, 6.07) is 16.9. The number of allylic oxidation sites excluding steroid dienone is 1. The zero-order chi connectivity index (χ0) is 22.5. The number of para-hydroxylation sites is 2. The third-order valence-corrected chi connectivity index (χ3v) is 4.81. The standard InChI is InChI=1S/C25H22N4O3/c1-3-16-29-23(28-20(30)15-14-17-10-6-5-7-11-17)21(25(31)32-4-2)22-24(29)27-19-13-9-8-12-18(19)26-22/h3,5-15H,1,4,16H2,2H3,(H,28,30)/b15-14+. The van der Waals surface area contributed by atoms with E-state index in [2.05, 4.69) is 16.9 Å². The molecule has 2 aromatic heterocycles. The summed E-state index contributed by atoms with van der Waals surface area (Å²) in [6.45, 7) is 6.04. The number of nitrogens with zero attached hydrogens (tertiary/aromatic N) is 3. The molecular weight excluding hydrogens is 404 g/mol. The van der Waals surface area contributed by atoms with E-state index in [0.717, 1.165) is 5.56 Å². The quantitative estimate of drug-likeness (QED) is 0.265. The fourth-order valence-corrected chi connectivity index (χ4v) is 3.43. The summed E-state index contributed by atoms with van der Waals surface area (Å²) in [5, 5.41) is 2.83. The number of aromatic nitrogens is 3. The monoisotopic (exact) mass is 426 g/mol. The maximum atomic E-state index is 12.9. The first kappa shape index (κ1) is 21.0. The first-order valence-corrected chi connectivity index (χ1v) is 10.2. The lowest BCUT2D eigenvalue weighted by atomic mass is 10.2. The first-order chi connectivity index (χ1) is 15.6. The summed E-state index contributed by atoms with van der Waals surface area (Å²) in [5.74, 6) is -0.694. The summed E-state index contributed by atoms with van der Waals surface area (Å²) in [4.78, 5) is 35.0. The van der Waals surface area contributed by atoms with Crippen LogP contribution in [0.1, 0.15) is 22.8 Å². The van der Waals surface area contributed by atoms with Crippen molar-refractivity contribution in [3.8, 4) is 0 Å². The predicted octanol–water partition coefficient (Wildman–Crippen LogP) is 4.60. The van der Waals surface area contributed by atoms with Gasteiger partial charge in [-0.2, -0.15) is 0 Å². The molecule has 160 valence electrons. The van der Waals surface area contributed by atoms with Crippen molar-refractivity contribution in [2.45, 2.75) is 13.5 Å². The van der Waals surface area contributed by atoms with E-state index in [4.69, 9.17) is 9.72 Å². The van der Waals surface area contributed by atoms with Gasteiger partial charge in [0.25, 0.3) is 0 Å². The highest BCUT2D eigenvalue weighted by Crippen LogP contribution is 2.30. The molecule has 7 heteroatoms. The van der Waals surface area contributed by atoms with Gasteiger partial charge < -0.3 is 14.6 Å². The van der Waals surface area contributed by atoms with Gasteiger partial charge in [0.2, 0.25) is 5.91 Å². The average molecular weight is 426 g/mol. The molecule has 0 spiro atoms. The van der Waals surface area contributed by atoms with E-state index >= 15 is 0 Å². The van der Waals surface area contributed by atoms with Crippen LogP contribution in [0.5, 0.6) is 0 Å². The number of hydrogen-bond donors (Lipinski definition) is 1. The lowest BCUT2D eigenvalue weighted by Gasteiger charge is -2.10. The predicted molar refractivity (Wildman–Crippen MR) is 125 cm³/mol. The van der Waals surface area contributed by atoms with Crippen LogP contribution in [0, 0.1) is 0 Å². The van der Waals surface area contributed by atoms with Crippen LogP contribution in [0.25, 0.3) is 28.3 Å². The Labute approximate surface area is 185 Å². The van der Waals surface area contributed by atoms with Crippen LogP contribution in [0.15, 0.2) is 73.3 Å². The van der Waals surface area contributed by atoms with E-state index in [1.165, 1.54) is 6.08 Å². The van der Waals surface area contributed by atoms with Crippen LogP contribution < -0.4 is 5.32 Å². The molecule has 32 heavy (non-hydrogen) atoms. The van der Waals surface area contributed by atoms with Crippen molar-refractivity contribution in [1.82, 2.24) is 14.5 Å². The molecule has 0 aliphatic carbocycles. The highest BCUT2D eigenvalue weighted by molar-refractivity contribution is 6.13. The Kier molecular flexibility index (Phi) is 6.07. The second-order valence-corrected chi connectivity index (χ2v) is 6.96. The van der Waals surface area contributed by atoms with Crippen molar-refractivity contribution in [3.05, 3.63) is 84.5 Å². The van der Waals surface area contributed by atoms with Crippen LogP contribution in [-0.2, 0) is 16.1 Å². The van der Waals surface area contributed by atoms with Crippen molar-refractivity contribution in [2.24, 2.45) is 0 Å². The average Bonchev–Trinajstić information content (AvgIpc) is 3.09. The van der Waals surface area contributed by atoms with Crippen molar-refractivity contribution >= 4 is 46.0 Å². The Bertz CT molecular complexity index is 1340. The van der Waals surface area contributed by atoms with E-state index in [-0.39, 0.29) is 18.0 Å². The van der Waals surface area contributed by atoms with Gasteiger partial charge in [0.1, 0.15) is 16.9 Å². The van der Waals surface area contributed by atoms with E-state index < -0.39 is 11.9 Å². The Morgan fingerprint density at radius 2 is 1.75 bits per heavy atom. The van der Waals surface area contributed by atoms with E-state index in [0.29, 0.717) is 28.7 Å². The largest absolute Gasteiger partial charge is 0.462 e. The van der Waals surface area contributed by atoms with Crippen LogP contribution in [-0.4, -0.2) is 33.0 Å². The number of amides is 1. The fourth-order valence-electron chi connectivity index (χ4n) is 3.43. The van der Waals surface area contributed by atoms with E-state index in [9.17, 15) is 9.59 Å². The Morgan fingerprint density at radius 1 is 1.06 bits per heavy atom. The number of carbonyl (C=O) groups is 2. The number of esters is 1. The van der Waals surface area contributed by atoms with Gasteiger partial charge in [0.05, 0.1) is 17.6 Å². The molecule has 0 saturated heterocycles. The SMILES string of the molecule is C=CCn1c(NC(=O)/C=C/c2ccccc2)c(C(=O)OCC)c2nc3ccccc3nc21. The number of rotatable bonds is 7. The van der Waals surface area contributed by atoms with Gasteiger partial charge in [0, 0.05) is 12.6 Å². The van der Waals surface area contributed by atoms with Gasteiger partial charge in [-0.15, -0.1) is 6.58 Å². The fraction of sp³-hybridized carbons (Fsp3) is 0.120. The Hall–Kier alpha value is -4.26. The highest BCUT2D eigenvalue weighted by Gasteiger charge is 2.27. The smallest absolute Gasteiger partial charge is 0.344 e. The molecule has 2 aromatic carbocycles. The lowest BCUT2D eigenvalue weighted by molar-refractivity contribution is -0.111. The normalized spacial score (nSPS) is 11.2. The zero-order valence-electron chi connectivity index (χ0n) is 17.6. The molecule has 4 rings (SSSR count). The van der Waals surface area contributed by atoms with E-state index in [1.54, 1.807) is 23.6 Å². The molecule has 0 saturated carbocycles. The third kappa shape index (κ3) is 4.13. The molecule has 1 N–H and O–H groups in total. The van der Waals surface area contributed by atoms with Gasteiger partial charge in [-0.25, -0.2) is 14.8 Å². The van der Waals surface area contributed by atoms with Crippen LogP contribution >= 0.6 is 0 Å². The summed E-state index contributed by atoms with van der Waals surface area (Å²) in [7, 11) is 0. The molecule has 7 nitrogen and oxygen atoms in total. The van der Waals surface area contributed by atoms with Crippen LogP contribution in [0.4, 0.5) is 5.82 Å². The highest BCUT2D eigenvalue weighted by atomic mass is 16.5. The van der Waals surface area contributed by atoms with Crippen molar-refractivity contribution in [2.75, 3.05) is 11.9 Å². The minimum absolute atomic E-state index is 0.170. The minimum Gasteiger partial charge on any atom is -0.462 e. The number of nitrogens with one attached hydrogen (secondary N) is 1. The second kappa shape index (κ2) is 9.26. The van der Waals surface area contributed by atoms with Crippen molar-refractivity contribution in [3.63, 3.8) is 0 Å². The molecule has 0 aliphatic rings. The summed E-state index contributed by atoms with van der Waals surface area (Å²) in [6.07, 6.45) is 4.78. The molecule has 4 aromatic rings. The molecule has 0 aliphatic heterocycles.